The largest absolute Gasteiger partial charge is 0.439 e. The van der Waals surface area contributed by atoms with Crippen LogP contribution in [0.2, 0.25) is 0 Å². The van der Waals surface area contributed by atoms with Gasteiger partial charge in [0.1, 0.15) is 5.75 Å². The fourth-order valence-corrected chi connectivity index (χ4v) is 2.59. The number of pyridine rings is 1. The maximum absolute atomic E-state index is 12.1. The number of hydrogen-bond donors (Lipinski definition) is 2. The molecule has 29 heavy (non-hydrogen) atoms. The summed E-state index contributed by atoms with van der Waals surface area (Å²) in [7, 11) is 0. The molecule has 1 atom stereocenters. The monoisotopic (exact) mass is 396 g/mol. The minimum atomic E-state index is -1.01. The van der Waals surface area contributed by atoms with Gasteiger partial charge in [-0.1, -0.05) is 27.7 Å². The molecule has 0 saturated carbocycles. The highest BCUT2D eigenvalue weighted by molar-refractivity contribution is 5.95. The quantitative estimate of drug-likeness (QED) is 0.763. The molecular weight excluding hydrogens is 372 g/mol. The van der Waals surface area contributed by atoms with Gasteiger partial charge in [0.2, 0.25) is 5.88 Å². The average Bonchev–Trinajstić information content (AvgIpc) is 2.66. The topological polar surface area (TPSA) is 127 Å². The summed E-state index contributed by atoms with van der Waals surface area (Å²) in [6.45, 7) is 7.79. The Kier molecular flexibility index (Phi) is 6.78. The second kappa shape index (κ2) is 9.06. The first-order valence-corrected chi connectivity index (χ1v) is 9.09. The number of nitriles is 1. The Bertz CT molecular complexity index is 927. The summed E-state index contributed by atoms with van der Waals surface area (Å²) in [5.74, 6) is 0.434. The fraction of sp³-hybridized carbons (Fsp3) is 0.333. The van der Waals surface area contributed by atoms with Crippen molar-refractivity contribution in [1.82, 2.24) is 4.98 Å². The van der Waals surface area contributed by atoms with Crippen molar-refractivity contribution in [1.29, 1.82) is 5.26 Å². The van der Waals surface area contributed by atoms with Crippen molar-refractivity contribution in [3.8, 4) is 17.7 Å². The molecule has 8 heteroatoms. The van der Waals surface area contributed by atoms with Gasteiger partial charge in [0.25, 0.3) is 5.91 Å². The Hall–Kier alpha value is -3.60. The highest BCUT2D eigenvalue weighted by atomic mass is 16.6. The van der Waals surface area contributed by atoms with Gasteiger partial charge in [0.05, 0.1) is 23.5 Å². The number of nitrogens with two attached hydrogens (primary N) is 1. The van der Waals surface area contributed by atoms with Crippen molar-refractivity contribution in [3.05, 3.63) is 47.7 Å². The van der Waals surface area contributed by atoms with E-state index < -0.39 is 18.1 Å². The van der Waals surface area contributed by atoms with Crippen LogP contribution in [0.3, 0.4) is 0 Å². The SMILES string of the molecule is CC[C@@H](OC(N)=O)C(=O)Nc1ccc(Oc2ccc(C#N)cc2C(C)(C)C)nc1. The summed E-state index contributed by atoms with van der Waals surface area (Å²) < 4.78 is 10.7. The van der Waals surface area contributed by atoms with Crippen molar-refractivity contribution >= 4 is 17.7 Å². The second-order valence-corrected chi connectivity index (χ2v) is 7.38. The maximum Gasteiger partial charge on any atom is 0.405 e. The minimum absolute atomic E-state index is 0.230. The van der Waals surface area contributed by atoms with Crippen LogP contribution in [0.25, 0.3) is 0 Å². The van der Waals surface area contributed by atoms with Crippen molar-refractivity contribution < 1.29 is 19.1 Å². The zero-order chi connectivity index (χ0) is 21.6. The second-order valence-electron chi connectivity index (χ2n) is 7.38. The molecule has 0 fully saturated rings. The summed E-state index contributed by atoms with van der Waals surface area (Å²) in [4.78, 5) is 27.2. The first-order valence-electron chi connectivity index (χ1n) is 9.09. The number of hydrogen-bond acceptors (Lipinski definition) is 6. The van der Waals surface area contributed by atoms with E-state index in [9.17, 15) is 9.59 Å². The molecule has 1 aromatic heterocycles. The van der Waals surface area contributed by atoms with Gasteiger partial charge in [-0.15, -0.1) is 0 Å². The molecule has 0 bridgehead atoms. The van der Waals surface area contributed by atoms with Crippen molar-refractivity contribution in [2.75, 3.05) is 5.32 Å². The Labute approximate surface area is 169 Å². The molecule has 8 nitrogen and oxygen atoms in total. The first-order chi connectivity index (χ1) is 13.6. The molecular formula is C21H24N4O4. The predicted octanol–water partition coefficient (Wildman–Crippen LogP) is 3.86. The Balaban J connectivity index is 2.15. The lowest BCUT2D eigenvalue weighted by molar-refractivity contribution is -0.124. The Morgan fingerprint density at radius 1 is 1.28 bits per heavy atom. The van der Waals surface area contributed by atoms with E-state index in [1.54, 1.807) is 37.3 Å². The molecule has 0 aliphatic rings. The van der Waals surface area contributed by atoms with Gasteiger partial charge in [-0.05, 0) is 36.1 Å². The fourth-order valence-electron chi connectivity index (χ4n) is 2.59. The predicted molar refractivity (Wildman–Crippen MR) is 108 cm³/mol. The molecule has 0 aliphatic heterocycles. The molecule has 3 N–H and O–H groups in total. The van der Waals surface area contributed by atoms with E-state index in [1.165, 1.54) is 6.20 Å². The van der Waals surface area contributed by atoms with E-state index in [1.807, 2.05) is 20.8 Å². The number of aromatic nitrogens is 1. The third-order valence-corrected chi connectivity index (χ3v) is 4.06. The number of carbonyl (C=O) groups is 2. The van der Waals surface area contributed by atoms with Crippen LogP contribution in [0.5, 0.6) is 11.6 Å². The van der Waals surface area contributed by atoms with Crippen LogP contribution in [0.4, 0.5) is 10.5 Å². The van der Waals surface area contributed by atoms with E-state index in [4.69, 9.17) is 20.5 Å². The highest BCUT2D eigenvalue weighted by Crippen LogP contribution is 2.34. The van der Waals surface area contributed by atoms with Crippen LogP contribution >= 0.6 is 0 Å². The third-order valence-electron chi connectivity index (χ3n) is 4.06. The molecule has 0 spiro atoms. The number of amides is 2. The minimum Gasteiger partial charge on any atom is -0.439 e. The van der Waals surface area contributed by atoms with Gasteiger partial charge < -0.3 is 20.5 Å². The van der Waals surface area contributed by atoms with Crippen LogP contribution in [0, 0.1) is 11.3 Å². The van der Waals surface area contributed by atoms with E-state index in [0.29, 0.717) is 22.9 Å². The first kappa shape index (κ1) is 21.7. The Morgan fingerprint density at radius 2 is 2.00 bits per heavy atom. The van der Waals surface area contributed by atoms with Gasteiger partial charge in [0, 0.05) is 11.6 Å². The number of rotatable bonds is 6. The van der Waals surface area contributed by atoms with Crippen molar-refractivity contribution in [3.63, 3.8) is 0 Å². The standard InChI is InChI=1S/C21H24N4O4/c1-5-16(29-20(23)27)19(26)25-14-7-9-18(24-12-14)28-17-8-6-13(11-22)10-15(17)21(2,3)4/h6-10,12,16H,5H2,1-4H3,(H2,23,27)(H,25,26)/t16-/m1/s1. The van der Waals surface area contributed by atoms with Crippen molar-refractivity contribution in [2.24, 2.45) is 5.73 Å². The van der Waals surface area contributed by atoms with Gasteiger partial charge in [-0.2, -0.15) is 5.26 Å². The summed E-state index contributed by atoms with van der Waals surface area (Å²) in [6.07, 6.45) is -0.259. The smallest absolute Gasteiger partial charge is 0.405 e. The Morgan fingerprint density at radius 3 is 2.52 bits per heavy atom. The van der Waals surface area contributed by atoms with Crippen LogP contribution in [0.1, 0.15) is 45.2 Å². The summed E-state index contributed by atoms with van der Waals surface area (Å²) in [6, 6.07) is 10.6. The lowest BCUT2D eigenvalue weighted by Gasteiger charge is -2.22. The molecule has 2 amide bonds. The molecule has 0 saturated heterocycles. The van der Waals surface area contributed by atoms with Crippen LogP contribution in [-0.2, 0) is 14.9 Å². The third kappa shape index (κ3) is 5.94. The number of ether oxygens (including phenoxy) is 2. The van der Waals surface area contributed by atoms with Crippen LogP contribution < -0.4 is 15.8 Å². The number of nitrogens with one attached hydrogen (secondary N) is 1. The summed E-state index contributed by atoms with van der Waals surface area (Å²) in [5.41, 5.74) is 6.59. The molecule has 1 aromatic carbocycles. The van der Waals surface area contributed by atoms with Gasteiger partial charge in [-0.25, -0.2) is 9.78 Å². The maximum atomic E-state index is 12.1. The normalized spacial score (nSPS) is 11.8. The average molecular weight is 396 g/mol. The zero-order valence-corrected chi connectivity index (χ0v) is 16.9. The summed E-state index contributed by atoms with van der Waals surface area (Å²) >= 11 is 0. The lowest BCUT2D eigenvalue weighted by atomic mass is 9.85. The van der Waals surface area contributed by atoms with Crippen LogP contribution in [-0.4, -0.2) is 23.1 Å². The molecule has 0 unspecified atom stereocenters. The summed E-state index contributed by atoms with van der Waals surface area (Å²) in [5, 5.41) is 11.8. The highest BCUT2D eigenvalue weighted by Gasteiger charge is 2.21. The number of primary amides is 1. The zero-order valence-electron chi connectivity index (χ0n) is 16.9. The van der Waals surface area contributed by atoms with Gasteiger partial charge in [-0.3, -0.25) is 4.79 Å². The number of nitrogens with zero attached hydrogens (tertiary/aromatic N) is 2. The molecule has 2 rings (SSSR count). The number of benzene rings is 1. The van der Waals surface area contributed by atoms with E-state index in [0.717, 1.165) is 5.56 Å². The van der Waals surface area contributed by atoms with Crippen molar-refractivity contribution in [2.45, 2.75) is 45.6 Å². The molecule has 2 aromatic rings. The van der Waals surface area contributed by atoms with E-state index in [2.05, 4.69) is 16.4 Å². The number of carbonyl (C=O) groups excluding carboxylic acids is 2. The van der Waals surface area contributed by atoms with E-state index >= 15 is 0 Å². The molecule has 0 aliphatic carbocycles. The number of anilines is 1. The molecule has 0 radical (unpaired) electrons. The van der Waals surface area contributed by atoms with Gasteiger partial charge >= 0.3 is 6.09 Å². The lowest BCUT2D eigenvalue weighted by Crippen LogP contribution is -2.33. The van der Waals surface area contributed by atoms with Crippen LogP contribution in [0.15, 0.2) is 36.5 Å². The van der Waals surface area contributed by atoms with E-state index in [-0.39, 0.29) is 11.8 Å². The molecule has 1 heterocycles. The van der Waals surface area contributed by atoms with Gasteiger partial charge in [0.15, 0.2) is 6.10 Å². The molecule has 152 valence electrons.